The summed E-state index contributed by atoms with van der Waals surface area (Å²) in [5, 5.41) is 15.4. The summed E-state index contributed by atoms with van der Waals surface area (Å²) in [5.74, 6) is -1.28. The number of rotatable bonds is 5. The SMILES string of the molecule is CCc1c(C(=O)O)cc(-c2ccsc2)c2ccc(-c3ccc(OC(F)(F)F)cc3)cc12. The lowest BCUT2D eigenvalue weighted by Crippen LogP contribution is -2.16. The molecule has 0 amide bonds. The Labute approximate surface area is 180 Å². The Hall–Kier alpha value is -3.32. The van der Waals surface area contributed by atoms with Crippen LogP contribution in [0.4, 0.5) is 13.2 Å². The van der Waals surface area contributed by atoms with E-state index in [1.54, 1.807) is 18.2 Å². The summed E-state index contributed by atoms with van der Waals surface area (Å²) >= 11 is 1.53. The molecule has 0 saturated heterocycles. The van der Waals surface area contributed by atoms with Crippen molar-refractivity contribution >= 4 is 28.1 Å². The Morgan fingerprint density at radius 2 is 1.68 bits per heavy atom. The molecule has 3 aromatic carbocycles. The first-order valence-electron chi connectivity index (χ1n) is 9.48. The van der Waals surface area contributed by atoms with Crippen LogP contribution in [-0.2, 0) is 6.42 Å². The first-order chi connectivity index (χ1) is 14.8. The van der Waals surface area contributed by atoms with Gasteiger partial charge in [-0.05, 0) is 86.1 Å². The molecule has 0 fully saturated rings. The second kappa shape index (κ2) is 8.07. The topological polar surface area (TPSA) is 46.5 Å². The number of thiophene rings is 1. The zero-order valence-corrected chi connectivity index (χ0v) is 17.2. The Morgan fingerprint density at radius 3 is 2.26 bits per heavy atom. The highest BCUT2D eigenvalue weighted by molar-refractivity contribution is 7.08. The molecule has 0 aliphatic heterocycles. The summed E-state index contributed by atoms with van der Waals surface area (Å²) in [5.41, 5.74) is 4.24. The summed E-state index contributed by atoms with van der Waals surface area (Å²) in [7, 11) is 0. The lowest BCUT2D eigenvalue weighted by molar-refractivity contribution is -0.274. The Bertz CT molecular complexity index is 1240. The minimum atomic E-state index is -4.74. The van der Waals surface area contributed by atoms with E-state index in [1.807, 2.05) is 41.9 Å². The van der Waals surface area contributed by atoms with Crippen molar-refractivity contribution in [2.45, 2.75) is 19.7 Å². The molecule has 0 saturated carbocycles. The van der Waals surface area contributed by atoms with Crippen molar-refractivity contribution in [3.8, 4) is 28.0 Å². The number of fused-ring (bicyclic) bond motifs is 1. The molecule has 4 aromatic rings. The lowest BCUT2D eigenvalue weighted by Gasteiger charge is -2.15. The number of carboxylic acids is 1. The van der Waals surface area contributed by atoms with E-state index < -0.39 is 12.3 Å². The van der Waals surface area contributed by atoms with Crippen molar-refractivity contribution in [1.29, 1.82) is 0 Å². The van der Waals surface area contributed by atoms with Crippen LogP contribution in [0.15, 0.2) is 65.4 Å². The predicted molar refractivity (Wildman–Crippen MR) is 116 cm³/mol. The van der Waals surface area contributed by atoms with E-state index in [2.05, 4.69) is 4.74 Å². The van der Waals surface area contributed by atoms with Crippen LogP contribution in [0.3, 0.4) is 0 Å². The minimum absolute atomic E-state index is 0.252. The maximum Gasteiger partial charge on any atom is 0.573 e. The largest absolute Gasteiger partial charge is 0.573 e. The van der Waals surface area contributed by atoms with E-state index in [9.17, 15) is 23.1 Å². The summed E-state index contributed by atoms with van der Waals surface area (Å²) in [6, 6.07) is 15.0. The lowest BCUT2D eigenvalue weighted by atomic mass is 9.89. The number of benzene rings is 3. The maximum atomic E-state index is 12.4. The number of hydrogen-bond donors (Lipinski definition) is 1. The summed E-state index contributed by atoms with van der Waals surface area (Å²) in [4.78, 5) is 11.9. The normalized spacial score (nSPS) is 11.6. The van der Waals surface area contributed by atoms with Gasteiger partial charge in [0.05, 0.1) is 5.56 Å². The number of alkyl halides is 3. The van der Waals surface area contributed by atoms with Crippen molar-refractivity contribution < 1.29 is 27.8 Å². The minimum Gasteiger partial charge on any atom is -0.478 e. The van der Waals surface area contributed by atoms with Gasteiger partial charge in [-0.2, -0.15) is 11.3 Å². The van der Waals surface area contributed by atoms with E-state index >= 15 is 0 Å². The van der Waals surface area contributed by atoms with E-state index in [0.717, 1.165) is 33.0 Å². The van der Waals surface area contributed by atoms with Crippen LogP contribution in [0.5, 0.6) is 5.75 Å². The van der Waals surface area contributed by atoms with Gasteiger partial charge in [-0.25, -0.2) is 4.79 Å². The summed E-state index contributed by atoms with van der Waals surface area (Å²) < 4.78 is 41.2. The zero-order valence-electron chi connectivity index (χ0n) is 16.4. The monoisotopic (exact) mass is 442 g/mol. The van der Waals surface area contributed by atoms with Crippen molar-refractivity contribution in [3.63, 3.8) is 0 Å². The average molecular weight is 442 g/mol. The van der Waals surface area contributed by atoms with Crippen molar-refractivity contribution in [2.75, 3.05) is 0 Å². The molecule has 0 unspecified atom stereocenters. The highest BCUT2D eigenvalue weighted by atomic mass is 32.1. The van der Waals surface area contributed by atoms with Crippen LogP contribution >= 0.6 is 11.3 Å². The smallest absolute Gasteiger partial charge is 0.478 e. The number of carbonyl (C=O) groups is 1. The molecule has 158 valence electrons. The first-order valence-corrected chi connectivity index (χ1v) is 10.4. The molecule has 4 rings (SSSR count). The van der Waals surface area contributed by atoms with Gasteiger partial charge in [-0.3, -0.25) is 0 Å². The highest BCUT2D eigenvalue weighted by Crippen LogP contribution is 2.37. The molecule has 31 heavy (non-hydrogen) atoms. The summed E-state index contributed by atoms with van der Waals surface area (Å²) in [6.07, 6.45) is -4.21. The molecule has 0 atom stereocenters. The van der Waals surface area contributed by atoms with Crippen LogP contribution in [0, 0.1) is 0 Å². The fraction of sp³-hybridized carbons (Fsp3) is 0.125. The second-order valence-corrected chi connectivity index (χ2v) is 7.73. The van der Waals surface area contributed by atoms with Crippen LogP contribution in [0.2, 0.25) is 0 Å². The van der Waals surface area contributed by atoms with Crippen LogP contribution in [0.1, 0.15) is 22.8 Å². The third-order valence-electron chi connectivity index (χ3n) is 5.09. The highest BCUT2D eigenvalue weighted by Gasteiger charge is 2.31. The molecule has 0 radical (unpaired) electrons. The van der Waals surface area contributed by atoms with Gasteiger partial charge in [0, 0.05) is 0 Å². The zero-order chi connectivity index (χ0) is 22.2. The Balaban J connectivity index is 1.87. The quantitative estimate of drug-likeness (QED) is 0.350. The molecule has 0 aliphatic carbocycles. The predicted octanol–water partition coefficient (Wildman–Crippen LogP) is 7.39. The Kier molecular flexibility index (Phi) is 5.45. The van der Waals surface area contributed by atoms with Gasteiger partial charge in [0.1, 0.15) is 5.75 Å². The first kappa shape index (κ1) is 20.9. The van der Waals surface area contributed by atoms with Gasteiger partial charge in [-0.1, -0.05) is 31.2 Å². The number of aryl methyl sites for hydroxylation is 1. The molecular weight excluding hydrogens is 425 g/mol. The Morgan fingerprint density at radius 1 is 0.968 bits per heavy atom. The molecule has 1 heterocycles. The molecule has 1 aromatic heterocycles. The molecule has 1 N–H and O–H groups in total. The molecule has 0 spiro atoms. The van der Waals surface area contributed by atoms with Gasteiger partial charge < -0.3 is 9.84 Å². The maximum absolute atomic E-state index is 12.4. The van der Waals surface area contributed by atoms with Crippen molar-refractivity contribution in [3.05, 3.63) is 76.5 Å². The molecular formula is C24H17F3O3S. The molecule has 3 nitrogen and oxygen atoms in total. The van der Waals surface area contributed by atoms with Gasteiger partial charge in [-0.15, -0.1) is 13.2 Å². The third kappa shape index (κ3) is 4.27. The molecule has 7 heteroatoms. The third-order valence-corrected chi connectivity index (χ3v) is 5.77. The van der Waals surface area contributed by atoms with Gasteiger partial charge >= 0.3 is 12.3 Å². The fourth-order valence-electron chi connectivity index (χ4n) is 3.74. The number of hydrogen-bond acceptors (Lipinski definition) is 3. The van der Waals surface area contributed by atoms with Gasteiger partial charge in [0.25, 0.3) is 0 Å². The number of carboxylic acid groups (broad SMARTS) is 1. The molecule has 0 bridgehead atoms. The number of ether oxygens (including phenoxy) is 1. The fourth-order valence-corrected chi connectivity index (χ4v) is 4.40. The standard InChI is InChI=1S/C24H17F3O3S/c1-2-18-21-11-15(14-3-6-17(7-4-14)30-24(25,26)27)5-8-19(21)20(12-22(18)23(28)29)16-9-10-31-13-16/h3-13H,2H2,1H3,(H,28,29). The second-order valence-electron chi connectivity index (χ2n) is 6.95. The number of aromatic carboxylic acids is 1. The van der Waals surface area contributed by atoms with Crippen molar-refractivity contribution in [1.82, 2.24) is 0 Å². The van der Waals surface area contributed by atoms with E-state index in [-0.39, 0.29) is 11.3 Å². The van der Waals surface area contributed by atoms with Crippen LogP contribution in [0.25, 0.3) is 33.0 Å². The van der Waals surface area contributed by atoms with E-state index in [0.29, 0.717) is 12.0 Å². The van der Waals surface area contributed by atoms with Crippen molar-refractivity contribution in [2.24, 2.45) is 0 Å². The van der Waals surface area contributed by atoms with E-state index in [4.69, 9.17) is 0 Å². The average Bonchev–Trinajstić information content (AvgIpc) is 3.26. The molecule has 0 aliphatic rings. The van der Waals surface area contributed by atoms with E-state index in [1.165, 1.54) is 23.5 Å². The number of halogens is 3. The van der Waals surface area contributed by atoms with Crippen LogP contribution in [-0.4, -0.2) is 17.4 Å². The van der Waals surface area contributed by atoms with Gasteiger partial charge in [0.15, 0.2) is 0 Å². The van der Waals surface area contributed by atoms with Gasteiger partial charge in [0.2, 0.25) is 0 Å². The van der Waals surface area contributed by atoms with Crippen LogP contribution < -0.4 is 4.74 Å². The summed E-state index contributed by atoms with van der Waals surface area (Å²) in [6.45, 7) is 1.90.